The van der Waals surface area contributed by atoms with Crippen LogP contribution in [0.2, 0.25) is 0 Å². The van der Waals surface area contributed by atoms with Crippen molar-refractivity contribution in [2.45, 2.75) is 11.8 Å². The molecule has 1 aromatic rings. The van der Waals surface area contributed by atoms with Crippen LogP contribution in [0.4, 0.5) is 5.82 Å². The maximum Gasteiger partial charge on any atom is 0.240 e. The number of sulfonamides is 1. The molecule has 1 aromatic heterocycles. The van der Waals surface area contributed by atoms with Gasteiger partial charge in [0, 0.05) is 41.1 Å². The van der Waals surface area contributed by atoms with Crippen LogP contribution in [0.5, 0.6) is 0 Å². The van der Waals surface area contributed by atoms with Crippen molar-refractivity contribution in [3.05, 3.63) is 18.3 Å². The smallest absolute Gasteiger partial charge is 0.240 e. The van der Waals surface area contributed by atoms with Gasteiger partial charge in [-0.15, -0.1) is 0 Å². The van der Waals surface area contributed by atoms with Crippen molar-refractivity contribution in [1.29, 1.82) is 0 Å². The molecule has 1 heterocycles. The van der Waals surface area contributed by atoms with E-state index in [0.717, 1.165) is 0 Å². The van der Waals surface area contributed by atoms with E-state index in [0.29, 0.717) is 11.5 Å². The number of nitrogens with zero attached hydrogens (tertiary/aromatic N) is 1. The molecule has 0 aliphatic carbocycles. The van der Waals surface area contributed by atoms with Gasteiger partial charge in [-0.1, -0.05) is 6.92 Å². The number of pyridine rings is 1. The van der Waals surface area contributed by atoms with Gasteiger partial charge in [-0.3, -0.25) is 4.21 Å². The molecule has 0 spiro atoms. The van der Waals surface area contributed by atoms with Gasteiger partial charge in [0.1, 0.15) is 5.82 Å². The highest BCUT2D eigenvalue weighted by Gasteiger charge is 2.13. The molecule has 1 atom stereocenters. The van der Waals surface area contributed by atoms with Crippen molar-refractivity contribution in [1.82, 2.24) is 9.71 Å². The lowest BCUT2D eigenvalue weighted by atomic mass is 10.5. The molecule has 96 valence electrons. The summed E-state index contributed by atoms with van der Waals surface area (Å²) in [6, 6.07) is 2.63. The second-order valence-corrected chi connectivity index (χ2v) is 6.88. The molecule has 0 saturated heterocycles. The van der Waals surface area contributed by atoms with E-state index in [1.54, 1.807) is 6.92 Å². The maximum atomic E-state index is 11.8. The fraction of sp³-hybridized carbons (Fsp3) is 0.444. The van der Waals surface area contributed by atoms with Crippen molar-refractivity contribution < 1.29 is 12.6 Å². The Morgan fingerprint density at radius 2 is 2.24 bits per heavy atom. The van der Waals surface area contributed by atoms with Crippen LogP contribution in [0.1, 0.15) is 6.92 Å². The SMILES string of the molecule is CCS(=O)CCNS(=O)(=O)c1ccnc(N)c1. The van der Waals surface area contributed by atoms with E-state index >= 15 is 0 Å². The lowest BCUT2D eigenvalue weighted by Gasteiger charge is -2.06. The quantitative estimate of drug-likeness (QED) is 0.744. The number of nitrogens with two attached hydrogens (primary N) is 1. The number of hydrogen-bond donors (Lipinski definition) is 2. The Morgan fingerprint density at radius 3 is 2.82 bits per heavy atom. The Kier molecular flexibility index (Phi) is 5.03. The third-order valence-corrected chi connectivity index (χ3v) is 4.77. The number of nitrogen functional groups attached to an aromatic ring is 1. The summed E-state index contributed by atoms with van der Waals surface area (Å²) in [6.45, 7) is 1.93. The molecule has 3 N–H and O–H groups in total. The van der Waals surface area contributed by atoms with E-state index in [2.05, 4.69) is 9.71 Å². The minimum Gasteiger partial charge on any atom is -0.384 e. The molecular formula is C9H15N3O3S2. The Bertz CT molecular complexity index is 502. The van der Waals surface area contributed by atoms with E-state index in [4.69, 9.17) is 5.73 Å². The first-order valence-electron chi connectivity index (χ1n) is 5.02. The Balaban J connectivity index is 2.66. The molecule has 0 bridgehead atoms. The van der Waals surface area contributed by atoms with Gasteiger partial charge in [0.05, 0.1) is 4.90 Å². The lowest BCUT2D eigenvalue weighted by Crippen LogP contribution is -2.28. The van der Waals surface area contributed by atoms with E-state index < -0.39 is 20.8 Å². The molecule has 0 aromatic carbocycles. The molecule has 1 unspecified atom stereocenters. The standard InChI is InChI=1S/C9H15N3O3S2/c1-2-16(13)6-5-12-17(14,15)8-3-4-11-9(10)7-8/h3-4,7,12H,2,5-6H2,1H3,(H2,10,11). The third kappa shape index (κ3) is 4.41. The minimum atomic E-state index is -3.59. The highest BCUT2D eigenvalue weighted by Crippen LogP contribution is 2.09. The van der Waals surface area contributed by atoms with Gasteiger partial charge in [0.15, 0.2) is 0 Å². The van der Waals surface area contributed by atoms with Gasteiger partial charge >= 0.3 is 0 Å². The number of aromatic nitrogens is 1. The van der Waals surface area contributed by atoms with Crippen molar-refractivity contribution in [3.63, 3.8) is 0 Å². The van der Waals surface area contributed by atoms with Crippen LogP contribution in [0.15, 0.2) is 23.2 Å². The Morgan fingerprint density at radius 1 is 1.53 bits per heavy atom. The van der Waals surface area contributed by atoms with Gasteiger partial charge in [0.2, 0.25) is 10.0 Å². The molecule has 8 heteroatoms. The largest absolute Gasteiger partial charge is 0.384 e. The highest BCUT2D eigenvalue weighted by atomic mass is 32.2. The number of hydrogen-bond acceptors (Lipinski definition) is 5. The Hall–Kier alpha value is -0.990. The molecule has 0 aliphatic heterocycles. The zero-order valence-corrected chi connectivity index (χ0v) is 11.1. The zero-order valence-electron chi connectivity index (χ0n) is 9.42. The van der Waals surface area contributed by atoms with E-state index in [1.165, 1.54) is 18.3 Å². The van der Waals surface area contributed by atoms with E-state index in [9.17, 15) is 12.6 Å². The number of nitrogens with one attached hydrogen (secondary N) is 1. The van der Waals surface area contributed by atoms with Gasteiger partial charge in [-0.25, -0.2) is 18.1 Å². The molecule has 0 saturated carbocycles. The van der Waals surface area contributed by atoms with Crippen LogP contribution in [0.3, 0.4) is 0 Å². The molecular weight excluding hydrogens is 262 g/mol. The van der Waals surface area contributed by atoms with E-state index in [1.807, 2.05) is 0 Å². The lowest BCUT2D eigenvalue weighted by molar-refractivity contribution is 0.584. The summed E-state index contributed by atoms with van der Waals surface area (Å²) < 4.78 is 37.0. The topological polar surface area (TPSA) is 102 Å². The molecule has 0 amide bonds. The van der Waals surface area contributed by atoms with Crippen LogP contribution in [0.25, 0.3) is 0 Å². The second-order valence-electron chi connectivity index (χ2n) is 3.25. The molecule has 0 fully saturated rings. The number of rotatable bonds is 6. The minimum absolute atomic E-state index is 0.0623. The van der Waals surface area contributed by atoms with Crippen molar-refractivity contribution in [3.8, 4) is 0 Å². The average molecular weight is 277 g/mol. The van der Waals surface area contributed by atoms with Crippen LogP contribution >= 0.6 is 0 Å². The summed E-state index contributed by atoms with van der Waals surface area (Å²) in [5.74, 6) is 0.963. The third-order valence-electron chi connectivity index (χ3n) is 2.01. The maximum absolute atomic E-state index is 11.8. The van der Waals surface area contributed by atoms with Crippen molar-refractivity contribution in [2.24, 2.45) is 0 Å². The zero-order chi connectivity index (χ0) is 12.9. The van der Waals surface area contributed by atoms with E-state index in [-0.39, 0.29) is 17.3 Å². The first kappa shape index (κ1) is 14.1. The van der Waals surface area contributed by atoms with Gasteiger partial charge in [-0.05, 0) is 6.07 Å². The fourth-order valence-electron chi connectivity index (χ4n) is 1.11. The highest BCUT2D eigenvalue weighted by molar-refractivity contribution is 7.89. The molecule has 0 aliphatic rings. The first-order chi connectivity index (χ1) is 7.95. The normalized spacial score (nSPS) is 13.5. The summed E-state index contributed by atoms with van der Waals surface area (Å²) in [7, 11) is -4.58. The van der Waals surface area contributed by atoms with Crippen LogP contribution in [0, 0.1) is 0 Å². The van der Waals surface area contributed by atoms with Gasteiger partial charge in [0.25, 0.3) is 0 Å². The summed E-state index contributed by atoms with van der Waals surface area (Å²) in [4.78, 5) is 3.77. The predicted octanol–water partition coefficient (Wildman–Crippen LogP) is -0.289. The van der Waals surface area contributed by atoms with Crippen LogP contribution in [-0.2, 0) is 20.8 Å². The van der Waals surface area contributed by atoms with Crippen molar-refractivity contribution >= 4 is 26.6 Å². The van der Waals surface area contributed by atoms with Crippen LogP contribution < -0.4 is 10.5 Å². The monoisotopic (exact) mass is 277 g/mol. The summed E-state index contributed by atoms with van der Waals surface area (Å²) >= 11 is 0. The summed E-state index contributed by atoms with van der Waals surface area (Å²) in [6.07, 6.45) is 1.33. The molecule has 1 rings (SSSR count). The molecule has 6 nitrogen and oxygen atoms in total. The van der Waals surface area contributed by atoms with Crippen molar-refractivity contribution in [2.75, 3.05) is 23.8 Å². The van der Waals surface area contributed by atoms with Gasteiger partial charge in [-0.2, -0.15) is 0 Å². The molecule has 17 heavy (non-hydrogen) atoms. The van der Waals surface area contributed by atoms with Crippen LogP contribution in [-0.4, -0.2) is 35.7 Å². The average Bonchev–Trinajstić information content (AvgIpc) is 2.28. The Labute approximate surface area is 103 Å². The number of anilines is 1. The predicted molar refractivity (Wildman–Crippen MR) is 67.4 cm³/mol. The second kappa shape index (κ2) is 6.08. The molecule has 0 radical (unpaired) electrons. The summed E-state index contributed by atoms with van der Waals surface area (Å²) in [5, 5.41) is 0. The fourth-order valence-corrected chi connectivity index (χ4v) is 2.91. The van der Waals surface area contributed by atoms with Gasteiger partial charge < -0.3 is 5.73 Å². The summed E-state index contributed by atoms with van der Waals surface area (Å²) in [5.41, 5.74) is 5.40. The first-order valence-corrected chi connectivity index (χ1v) is 7.99.